The molecule has 3 rings (SSSR count). The Hall–Kier alpha value is -1.81. The van der Waals surface area contributed by atoms with Crippen molar-refractivity contribution in [3.8, 4) is 0 Å². The molecule has 0 aliphatic carbocycles. The molecule has 3 atom stereocenters. The minimum Gasteiger partial charge on any atom is -0.379 e. The minimum absolute atomic E-state index is 0.00432. The maximum absolute atomic E-state index is 13.5. The van der Waals surface area contributed by atoms with Crippen LogP contribution in [0, 0.1) is 5.92 Å². The molecule has 2 aliphatic heterocycles. The second-order valence-electron chi connectivity index (χ2n) is 7.85. The molecule has 10 heteroatoms. The number of hydrogen-bond donors (Lipinski definition) is 2. The van der Waals surface area contributed by atoms with Crippen LogP contribution < -0.4 is 10.6 Å². The lowest BCUT2D eigenvalue weighted by molar-refractivity contribution is -0.174. The molecule has 0 bridgehead atoms. The van der Waals surface area contributed by atoms with Crippen LogP contribution >= 0.6 is 0 Å². The SMILES string of the molecule is CC(C)[C@@H]1C[C@H](C(F)(F)F)n2nc(C(=O)NC[C@@H](C)N3CCOCC3)cc2N1. The third-order valence-corrected chi connectivity index (χ3v) is 5.48. The molecule has 3 heterocycles. The van der Waals surface area contributed by atoms with Gasteiger partial charge in [-0.15, -0.1) is 0 Å². The maximum atomic E-state index is 13.5. The molecule has 1 amide bonds. The van der Waals surface area contributed by atoms with Crippen molar-refractivity contribution in [2.45, 2.75) is 51.5 Å². The highest BCUT2D eigenvalue weighted by Gasteiger charge is 2.47. The fraction of sp³-hybridized carbons (Fsp3) is 0.778. The van der Waals surface area contributed by atoms with E-state index in [9.17, 15) is 18.0 Å². The average molecular weight is 403 g/mol. The first kappa shape index (κ1) is 20.9. The monoisotopic (exact) mass is 403 g/mol. The zero-order valence-electron chi connectivity index (χ0n) is 16.4. The number of fused-ring (bicyclic) bond motifs is 1. The van der Waals surface area contributed by atoms with E-state index in [0.717, 1.165) is 17.8 Å². The Balaban J connectivity index is 1.69. The Morgan fingerprint density at radius 1 is 1.36 bits per heavy atom. The molecule has 0 unspecified atom stereocenters. The summed E-state index contributed by atoms with van der Waals surface area (Å²) in [5.74, 6) is -0.204. The van der Waals surface area contributed by atoms with Crippen LogP contribution in [0.1, 0.15) is 43.7 Å². The smallest absolute Gasteiger partial charge is 0.379 e. The van der Waals surface area contributed by atoms with Crippen LogP contribution in [0.5, 0.6) is 0 Å². The Morgan fingerprint density at radius 3 is 2.64 bits per heavy atom. The second kappa shape index (κ2) is 8.28. The second-order valence-corrected chi connectivity index (χ2v) is 7.85. The zero-order valence-corrected chi connectivity index (χ0v) is 16.4. The quantitative estimate of drug-likeness (QED) is 0.789. The summed E-state index contributed by atoms with van der Waals surface area (Å²) in [6.07, 6.45) is -4.53. The topological polar surface area (TPSA) is 71.4 Å². The Kier molecular flexibility index (Phi) is 6.18. The van der Waals surface area contributed by atoms with Gasteiger partial charge in [0.2, 0.25) is 0 Å². The van der Waals surface area contributed by atoms with Gasteiger partial charge in [0.15, 0.2) is 11.7 Å². The number of alkyl halides is 3. The van der Waals surface area contributed by atoms with E-state index in [1.165, 1.54) is 6.07 Å². The summed E-state index contributed by atoms with van der Waals surface area (Å²) in [5, 5.41) is 9.85. The average Bonchev–Trinajstić information content (AvgIpc) is 3.09. The van der Waals surface area contributed by atoms with Crippen LogP contribution in [0.25, 0.3) is 0 Å². The van der Waals surface area contributed by atoms with E-state index in [4.69, 9.17) is 4.74 Å². The summed E-state index contributed by atoms with van der Waals surface area (Å²) in [5.41, 5.74) is -0.00432. The number of hydrogen-bond acceptors (Lipinski definition) is 5. The third kappa shape index (κ3) is 4.60. The van der Waals surface area contributed by atoms with Gasteiger partial charge in [-0.05, 0) is 19.3 Å². The molecule has 1 fully saturated rings. The highest BCUT2D eigenvalue weighted by molar-refractivity contribution is 5.93. The van der Waals surface area contributed by atoms with Crippen LogP contribution in [0.2, 0.25) is 0 Å². The zero-order chi connectivity index (χ0) is 20.5. The standard InChI is InChI=1S/C18H28F3N5O2/c1-11(2)13-8-15(18(19,20)21)26-16(23-13)9-14(24-26)17(27)22-10-12(3)25-4-6-28-7-5-25/h9,11-13,15,23H,4-8,10H2,1-3H3,(H,22,27)/t12-,13+,15-/m1/s1. The summed E-state index contributed by atoms with van der Waals surface area (Å²) in [6.45, 7) is 9.05. The van der Waals surface area contributed by atoms with Gasteiger partial charge >= 0.3 is 6.18 Å². The molecule has 1 saturated heterocycles. The van der Waals surface area contributed by atoms with E-state index < -0.39 is 18.1 Å². The largest absolute Gasteiger partial charge is 0.410 e. The number of ether oxygens (including phenoxy) is 1. The van der Waals surface area contributed by atoms with Gasteiger partial charge in [-0.1, -0.05) is 13.8 Å². The van der Waals surface area contributed by atoms with Crippen LogP contribution in [0.4, 0.5) is 19.0 Å². The van der Waals surface area contributed by atoms with Crippen LogP contribution in [-0.4, -0.2) is 71.7 Å². The molecule has 2 N–H and O–H groups in total. The fourth-order valence-electron chi connectivity index (χ4n) is 3.63. The van der Waals surface area contributed by atoms with Crippen molar-refractivity contribution < 1.29 is 22.7 Å². The van der Waals surface area contributed by atoms with E-state index in [2.05, 4.69) is 20.6 Å². The van der Waals surface area contributed by atoms with Crippen molar-refractivity contribution in [1.82, 2.24) is 20.0 Å². The molecule has 7 nitrogen and oxygen atoms in total. The molecule has 2 aliphatic rings. The predicted octanol–water partition coefficient (Wildman–Crippen LogP) is 2.28. The minimum atomic E-state index is -4.42. The molecular formula is C18H28F3N5O2. The molecule has 0 spiro atoms. The van der Waals surface area contributed by atoms with Crippen molar-refractivity contribution in [3.05, 3.63) is 11.8 Å². The van der Waals surface area contributed by atoms with E-state index in [0.29, 0.717) is 19.8 Å². The van der Waals surface area contributed by atoms with E-state index in [1.54, 1.807) is 0 Å². The first-order valence-corrected chi connectivity index (χ1v) is 9.69. The van der Waals surface area contributed by atoms with Gasteiger partial charge in [0, 0.05) is 37.8 Å². The number of halogens is 3. The molecular weight excluding hydrogens is 375 g/mol. The summed E-state index contributed by atoms with van der Waals surface area (Å²) in [6, 6.07) is -0.545. The normalized spacial score (nSPS) is 24.5. The molecule has 1 aromatic rings. The number of nitrogens with one attached hydrogen (secondary N) is 2. The first-order valence-electron chi connectivity index (χ1n) is 9.69. The lowest BCUT2D eigenvalue weighted by atomic mass is 9.94. The number of carbonyl (C=O) groups is 1. The van der Waals surface area contributed by atoms with Gasteiger partial charge < -0.3 is 15.4 Å². The van der Waals surface area contributed by atoms with Gasteiger partial charge in [0.05, 0.1) is 13.2 Å². The number of amides is 1. The Bertz CT molecular complexity index is 685. The number of carbonyl (C=O) groups excluding carboxylic acids is 1. The Labute approximate surface area is 162 Å². The van der Waals surface area contributed by atoms with Crippen molar-refractivity contribution in [3.63, 3.8) is 0 Å². The van der Waals surface area contributed by atoms with Crippen molar-refractivity contribution >= 4 is 11.7 Å². The van der Waals surface area contributed by atoms with Gasteiger partial charge in [0.25, 0.3) is 5.91 Å². The summed E-state index contributed by atoms with van der Waals surface area (Å²) in [7, 11) is 0. The Morgan fingerprint density at radius 2 is 2.04 bits per heavy atom. The van der Waals surface area contributed by atoms with Crippen LogP contribution in [0.3, 0.4) is 0 Å². The lowest BCUT2D eigenvalue weighted by Gasteiger charge is -2.35. The molecule has 28 heavy (non-hydrogen) atoms. The molecule has 0 saturated carbocycles. The molecule has 1 aromatic heterocycles. The van der Waals surface area contributed by atoms with Crippen molar-refractivity contribution in [2.75, 3.05) is 38.2 Å². The number of rotatable bonds is 5. The van der Waals surface area contributed by atoms with Crippen LogP contribution in [0.15, 0.2) is 6.07 Å². The number of morpholine rings is 1. The number of anilines is 1. The van der Waals surface area contributed by atoms with Gasteiger partial charge in [-0.2, -0.15) is 18.3 Å². The lowest BCUT2D eigenvalue weighted by Crippen LogP contribution is -2.47. The van der Waals surface area contributed by atoms with Crippen LogP contribution in [-0.2, 0) is 4.74 Å². The number of nitrogens with zero attached hydrogens (tertiary/aromatic N) is 3. The van der Waals surface area contributed by atoms with E-state index in [1.807, 2.05) is 20.8 Å². The molecule has 0 aromatic carbocycles. The molecule has 158 valence electrons. The van der Waals surface area contributed by atoms with E-state index >= 15 is 0 Å². The highest BCUT2D eigenvalue weighted by atomic mass is 19.4. The summed E-state index contributed by atoms with van der Waals surface area (Å²) >= 11 is 0. The highest BCUT2D eigenvalue weighted by Crippen LogP contribution is 2.40. The summed E-state index contributed by atoms with van der Waals surface area (Å²) < 4.78 is 46.8. The third-order valence-electron chi connectivity index (χ3n) is 5.48. The van der Waals surface area contributed by atoms with E-state index in [-0.39, 0.29) is 35.9 Å². The van der Waals surface area contributed by atoms with Crippen molar-refractivity contribution in [1.29, 1.82) is 0 Å². The fourth-order valence-corrected chi connectivity index (χ4v) is 3.63. The van der Waals surface area contributed by atoms with Gasteiger partial charge in [0.1, 0.15) is 5.82 Å². The van der Waals surface area contributed by atoms with Gasteiger partial charge in [-0.25, -0.2) is 4.68 Å². The van der Waals surface area contributed by atoms with Crippen molar-refractivity contribution in [2.24, 2.45) is 5.92 Å². The predicted molar refractivity (Wildman–Crippen MR) is 98.4 cm³/mol. The summed E-state index contributed by atoms with van der Waals surface area (Å²) in [4.78, 5) is 14.7. The molecule has 0 radical (unpaired) electrons. The van der Waals surface area contributed by atoms with Gasteiger partial charge in [-0.3, -0.25) is 9.69 Å². The number of aromatic nitrogens is 2. The maximum Gasteiger partial charge on any atom is 0.410 e. The first-order chi connectivity index (χ1) is 13.2.